The van der Waals surface area contributed by atoms with Crippen LogP contribution in [0.3, 0.4) is 0 Å². The van der Waals surface area contributed by atoms with Crippen LogP contribution in [0.4, 0.5) is 0 Å². The van der Waals surface area contributed by atoms with Gasteiger partial charge in [0.05, 0.1) is 33.1 Å². The van der Waals surface area contributed by atoms with Crippen LogP contribution in [0.25, 0.3) is 11.5 Å². The van der Waals surface area contributed by atoms with Crippen molar-refractivity contribution in [2.45, 2.75) is 10.1 Å². The molecule has 1 saturated heterocycles. The molecule has 0 unspecified atom stereocenters. The zero-order valence-corrected chi connectivity index (χ0v) is 18.7. The van der Waals surface area contributed by atoms with Gasteiger partial charge in [-0.1, -0.05) is 29.4 Å². The van der Waals surface area contributed by atoms with Crippen molar-refractivity contribution in [3.63, 3.8) is 0 Å². The number of aromatic nitrogens is 2. The minimum Gasteiger partial charge on any atom is -0.411 e. The van der Waals surface area contributed by atoms with Gasteiger partial charge < -0.3 is 9.15 Å². The van der Waals surface area contributed by atoms with Crippen molar-refractivity contribution in [3.05, 3.63) is 45.6 Å². The molecule has 30 heavy (non-hydrogen) atoms. The Kier molecular flexibility index (Phi) is 6.56. The van der Waals surface area contributed by atoms with E-state index >= 15 is 0 Å². The molecule has 1 aliphatic heterocycles. The first-order chi connectivity index (χ1) is 14.4. The highest BCUT2D eigenvalue weighted by molar-refractivity contribution is 7.99. The molecule has 8 nitrogen and oxygen atoms in total. The highest BCUT2D eigenvalue weighted by Gasteiger charge is 2.27. The van der Waals surface area contributed by atoms with Crippen molar-refractivity contribution in [2.75, 3.05) is 32.1 Å². The Hall–Kier alpha value is -1.76. The van der Waals surface area contributed by atoms with Crippen molar-refractivity contribution in [1.82, 2.24) is 14.5 Å². The SMILES string of the molecule is O=C(CSc1nnc(-c2cccc(S(=O)(=O)N3CCOCC3)c2)o1)c1ccc(Cl)s1. The molecule has 0 atom stereocenters. The third-order valence-electron chi connectivity index (χ3n) is 4.27. The number of ether oxygens (including phenoxy) is 1. The van der Waals surface area contributed by atoms with Crippen molar-refractivity contribution >= 4 is 50.5 Å². The number of hydrogen-bond donors (Lipinski definition) is 0. The lowest BCUT2D eigenvalue weighted by Gasteiger charge is -2.26. The molecule has 0 saturated carbocycles. The van der Waals surface area contributed by atoms with Crippen molar-refractivity contribution < 1.29 is 22.4 Å². The Bertz CT molecular complexity index is 1160. The molecule has 0 spiro atoms. The second-order valence-electron chi connectivity index (χ2n) is 6.23. The molecule has 3 heterocycles. The number of thioether (sulfide) groups is 1. The van der Waals surface area contributed by atoms with Crippen molar-refractivity contribution in [3.8, 4) is 11.5 Å². The highest BCUT2D eigenvalue weighted by Crippen LogP contribution is 2.28. The van der Waals surface area contributed by atoms with Crippen LogP contribution < -0.4 is 0 Å². The Labute approximate surface area is 186 Å². The standard InChI is InChI=1S/C18H16ClN3O5S3/c19-16-5-4-15(29-16)14(23)11-28-18-21-20-17(27-18)12-2-1-3-13(10-12)30(24,25)22-6-8-26-9-7-22/h1-5,10H,6-9,11H2. The van der Waals surface area contributed by atoms with Gasteiger partial charge in [0.25, 0.3) is 5.22 Å². The summed E-state index contributed by atoms with van der Waals surface area (Å²) in [5.41, 5.74) is 0.486. The number of rotatable bonds is 7. The molecule has 1 aliphatic rings. The fraction of sp³-hybridized carbons (Fsp3) is 0.278. The number of morpholine rings is 1. The van der Waals surface area contributed by atoms with E-state index in [4.69, 9.17) is 20.8 Å². The lowest BCUT2D eigenvalue weighted by atomic mass is 10.2. The molecule has 12 heteroatoms. The Morgan fingerprint density at radius 1 is 1.20 bits per heavy atom. The molecule has 0 radical (unpaired) electrons. The molecule has 4 rings (SSSR count). The number of carbonyl (C=O) groups excluding carboxylic acids is 1. The smallest absolute Gasteiger partial charge is 0.277 e. The van der Waals surface area contributed by atoms with Crippen LogP contribution in [0.15, 0.2) is 50.9 Å². The summed E-state index contributed by atoms with van der Waals surface area (Å²) in [6.45, 7) is 1.38. The average molecular weight is 486 g/mol. The van der Waals surface area contributed by atoms with Gasteiger partial charge in [-0.25, -0.2) is 8.42 Å². The minimum absolute atomic E-state index is 0.0877. The number of sulfonamides is 1. The van der Waals surface area contributed by atoms with Crippen LogP contribution in [0.5, 0.6) is 0 Å². The fourth-order valence-corrected chi connectivity index (χ4v) is 5.95. The molecule has 1 aromatic carbocycles. The van der Waals surface area contributed by atoms with E-state index in [9.17, 15) is 13.2 Å². The molecule has 0 bridgehead atoms. The summed E-state index contributed by atoms with van der Waals surface area (Å²) in [5, 5.41) is 8.15. The summed E-state index contributed by atoms with van der Waals surface area (Å²) >= 11 is 8.18. The van der Waals surface area contributed by atoms with E-state index in [1.165, 1.54) is 27.8 Å². The van der Waals surface area contributed by atoms with Crippen LogP contribution >= 0.6 is 34.7 Å². The largest absolute Gasteiger partial charge is 0.411 e. The van der Waals surface area contributed by atoms with Gasteiger partial charge in [0.1, 0.15) is 0 Å². The van der Waals surface area contributed by atoms with Gasteiger partial charge in [-0.2, -0.15) is 4.31 Å². The predicted molar refractivity (Wildman–Crippen MR) is 114 cm³/mol. The maximum absolute atomic E-state index is 12.8. The summed E-state index contributed by atoms with van der Waals surface area (Å²) in [7, 11) is -3.63. The van der Waals surface area contributed by atoms with Gasteiger partial charge in [0.15, 0.2) is 5.78 Å². The quantitative estimate of drug-likeness (QED) is 0.370. The van der Waals surface area contributed by atoms with E-state index in [0.29, 0.717) is 41.1 Å². The van der Waals surface area contributed by atoms with E-state index in [1.807, 2.05) is 0 Å². The number of carbonyl (C=O) groups is 1. The number of benzene rings is 1. The zero-order chi connectivity index (χ0) is 21.1. The molecule has 158 valence electrons. The summed E-state index contributed by atoms with van der Waals surface area (Å²) < 4.78 is 38.5. The minimum atomic E-state index is -3.63. The lowest BCUT2D eigenvalue weighted by molar-refractivity contribution is 0.0730. The first kappa shape index (κ1) is 21.5. The molecular formula is C18H16ClN3O5S3. The summed E-state index contributed by atoms with van der Waals surface area (Å²) in [6, 6.07) is 9.71. The fourth-order valence-electron chi connectivity index (χ4n) is 2.77. The highest BCUT2D eigenvalue weighted by atomic mass is 35.5. The third-order valence-corrected chi connectivity index (χ3v) is 8.26. The number of halogens is 1. The molecule has 2 aromatic heterocycles. The van der Waals surface area contributed by atoms with E-state index < -0.39 is 10.0 Å². The van der Waals surface area contributed by atoms with Crippen LogP contribution in [0.1, 0.15) is 9.67 Å². The number of thiophene rings is 1. The van der Waals surface area contributed by atoms with Crippen LogP contribution in [-0.2, 0) is 14.8 Å². The lowest BCUT2D eigenvalue weighted by Crippen LogP contribution is -2.40. The van der Waals surface area contributed by atoms with Crippen molar-refractivity contribution in [2.24, 2.45) is 0 Å². The number of hydrogen-bond acceptors (Lipinski definition) is 9. The first-order valence-electron chi connectivity index (χ1n) is 8.87. The zero-order valence-electron chi connectivity index (χ0n) is 15.5. The first-order valence-corrected chi connectivity index (χ1v) is 12.5. The van der Waals surface area contributed by atoms with E-state index in [2.05, 4.69) is 10.2 Å². The molecule has 0 aliphatic carbocycles. The Balaban J connectivity index is 1.47. The van der Waals surface area contributed by atoms with Crippen LogP contribution in [-0.4, -0.2) is 60.8 Å². The van der Waals surface area contributed by atoms with Gasteiger partial charge in [-0.3, -0.25) is 4.79 Å². The average Bonchev–Trinajstić information content (AvgIpc) is 3.42. The Morgan fingerprint density at radius 3 is 2.73 bits per heavy atom. The van der Waals surface area contributed by atoms with Gasteiger partial charge in [-0.05, 0) is 30.3 Å². The van der Waals surface area contributed by atoms with E-state index in [0.717, 1.165) is 11.8 Å². The number of Topliss-reactive ketones (excluding diaryl/α,β-unsaturated/α-hetero) is 1. The normalized spacial score (nSPS) is 15.4. The summed E-state index contributed by atoms with van der Waals surface area (Å²) in [4.78, 5) is 12.9. The van der Waals surface area contributed by atoms with E-state index in [1.54, 1.807) is 24.3 Å². The number of nitrogens with zero attached hydrogens (tertiary/aromatic N) is 3. The molecule has 0 N–H and O–H groups in total. The summed E-state index contributed by atoms with van der Waals surface area (Å²) in [5.74, 6) is 0.225. The maximum atomic E-state index is 12.8. The van der Waals surface area contributed by atoms with Crippen molar-refractivity contribution in [1.29, 1.82) is 0 Å². The summed E-state index contributed by atoms with van der Waals surface area (Å²) in [6.07, 6.45) is 0. The molecular weight excluding hydrogens is 470 g/mol. The van der Waals surface area contributed by atoms with Crippen LogP contribution in [0, 0.1) is 0 Å². The maximum Gasteiger partial charge on any atom is 0.277 e. The second kappa shape index (κ2) is 9.16. The van der Waals surface area contributed by atoms with Gasteiger partial charge in [-0.15, -0.1) is 21.5 Å². The molecule has 1 fully saturated rings. The van der Waals surface area contributed by atoms with Gasteiger partial charge >= 0.3 is 0 Å². The van der Waals surface area contributed by atoms with Gasteiger partial charge in [0, 0.05) is 18.7 Å². The molecule has 3 aromatic rings. The monoisotopic (exact) mass is 485 g/mol. The molecule has 0 amide bonds. The number of ketones is 1. The second-order valence-corrected chi connectivity index (χ2v) is 10.8. The van der Waals surface area contributed by atoms with E-state index in [-0.39, 0.29) is 27.5 Å². The Morgan fingerprint density at radius 2 is 2.00 bits per heavy atom. The van der Waals surface area contributed by atoms with Gasteiger partial charge in [0.2, 0.25) is 15.9 Å². The van der Waals surface area contributed by atoms with Crippen LogP contribution in [0.2, 0.25) is 4.34 Å². The third kappa shape index (κ3) is 4.76. The topological polar surface area (TPSA) is 103 Å². The predicted octanol–water partition coefficient (Wildman–Crippen LogP) is 3.45.